The Labute approximate surface area is 195 Å². The number of hydrogen-bond donors (Lipinski definition) is 1. The molecule has 2 aliphatic heterocycles. The van der Waals surface area contributed by atoms with E-state index in [-0.39, 0.29) is 18.3 Å². The minimum absolute atomic E-state index is 0.130. The fourth-order valence-electron chi connectivity index (χ4n) is 4.71. The molecule has 2 atom stereocenters. The predicted octanol–water partition coefficient (Wildman–Crippen LogP) is 3.71. The number of benzene rings is 2. The van der Waals surface area contributed by atoms with Gasteiger partial charge in [-0.2, -0.15) is 0 Å². The fraction of sp³-hybridized carbons (Fsp3) is 0.500. The predicted molar refractivity (Wildman–Crippen MR) is 129 cm³/mol. The van der Waals surface area contributed by atoms with E-state index in [0.717, 1.165) is 31.5 Å². The molecule has 0 aliphatic carbocycles. The van der Waals surface area contributed by atoms with Gasteiger partial charge in [0, 0.05) is 36.9 Å². The molecule has 0 radical (unpaired) electrons. The molecule has 0 bridgehead atoms. The van der Waals surface area contributed by atoms with Gasteiger partial charge < -0.3 is 24.5 Å². The molecule has 2 heterocycles. The summed E-state index contributed by atoms with van der Waals surface area (Å²) in [6.07, 6.45) is 2.78. The van der Waals surface area contributed by atoms with Gasteiger partial charge in [-0.1, -0.05) is 13.3 Å². The van der Waals surface area contributed by atoms with E-state index in [2.05, 4.69) is 23.9 Å². The number of hydrogen-bond acceptors (Lipinski definition) is 5. The number of aliphatic hydroxyl groups is 1. The van der Waals surface area contributed by atoms with Crippen LogP contribution < -0.4 is 14.5 Å². The zero-order chi connectivity index (χ0) is 23.5. The van der Waals surface area contributed by atoms with Gasteiger partial charge in [-0.05, 0) is 75.3 Å². The highest BCUT2D eigenvalue weighted by Crippen LogP contribution is 2.32. The summed E-state index contributed by atoms with van der Waals surface area (Å²) in [4.78, 5) is 19.1. The van der Waals surface area contributed by atoms with E-state index in [1.54, 1.807) is 23.1 Å². The van der Waals surface area contributed by atoms with Crippen molar-refractivity contribution in [2.45, 2.75) is 44.8 Å². The summed E-state index contributed by atoms with van der Waals surface area (Å²) in [5.41, 5.74) is 2.71. The molecular weight excluding hydrogens is 421 g/mol. The second-order valence-electron chi connectivity index (χ2n) is 9.27. The average Bonchev–Trinajstić information content (AvgIpc) is 3.28. The zero-order valence-electron chi connectivity index (χ0n) is 19.8. The molecule has 33 heavy (non-hydrogen) atoms. The minimum Gasteiger partial charge on any atom is -0.491 e. The largest absolute Gasteiger partial charge is 0.491 e. The summed E-state index contributed by atoms with van der Waals surface area (Å²) in [5, 5.41) is 9.88. The SMILES string of the molecule is CCCC(O)COc1ccc2c(c1)CCN(c1ccc(N3CC[C@@H](N(C)C)C3)c(F)c1)C2=O. The lowest BCUT2D eigenvalue weighted by molar-refractivity contribution is 0.0972. The van der Waals surface area contributed by atoms with Crippen molar-refractivity contribution < 1.29 is 19.0 Å². The van der Waals surface area contributed by atoms with E-state index in [1.165, 1.54) is 6.07 Å². The number of amides is 1. The van der Waals surface area contributed by atoms with Crippen LogP contribution in [0, 0.1) is 5.82 Å². The van der Waals surface area contributed by atoms with Gasteiger partial charge in [-0.3, -0.25) is 4.79 Å². The molecule has 0 spiro atoms. The fourth-order valence-corrected chi connectivity index (χ4v) is 4.71. The highest BCUT2D eigenvalue weighted by atomic mass is 19.1. The first-order chi connectivity index (χ1) is 15.9. The van der Waals surface area contributed by atoms with Gasteiger partial charge in [0.1, 0.15) is 18.2 Å². The summed E-state index contributed by atoms with van der Waals surface area (Å²) in [5.74, 6) is 0.233. The molecule has 1 amide bonds. The van der Waals surface area contributed by atoms with E-state index >= 15 is 4.39 Å². The van der Waals surface area contributed by atoms with Crippen LogP contribution in [-0.4, -0.2) is 68.4 Å². The Kier molecular flexibility index (Phi) is 7.20. The third-order valence-corrected chi connectivity index (χ3v) is 6.70. The molecule has 0 saturated carbocycles. The van der Waals surface area contributed by atoms with Gasteiger partial charge in [0.05, 0.1) is 11.8 Å². The number of nitrogens with zero attached hydrogens (tertiary/aromatic N) is 3. The molecule has 6 nitrogen and oxygen atoms in total. The van der Waals surface area contributed by atoms with Gasteiger partial charge >= 0.3 is 0 Å². The van der Waals surface area contributed by atoms with E-state index in [9.17, 15) is 9.90 Å². The maximum absolute atomic E-state index is 15.0. The van der Waals surface area contributed by atoms with Crippen LogP contribution in [-0.2, 0) is 6.42 Å². The zero-order valence-corrected chi connectivity index (χ0v) is 19.8. The van der Waals surface area contributed by atoms with Gasteiger partial charge in [0.2, 0.25) is 0 Å². The molecule has 1 unspecified atom stereocenters. The van der Waals surface area contributed by atoms with Gasteiger partial charge in [-0.15, -0.1) is 0 Å². The highest BCUT2D eigenvalue weighted by molar-refractivity contribution is 6.08. The first kappa shape index (κ1) is 23.5. The lowest BCUT2D eigenvalue weighted by Crippen LogP contribution is -2.37. The molecule has 2 aromatic rings. The number of anilines is 2. The van der Waals surface area contributed by atoms with Crippen molar-refractivity contribution in [3.63, 3.8) is 0 Å². The minimum atomic E-state index is -0.490. The first-order valence-corrected chi connectivity index (χ1v) is 11.8. The average molecular weight is 456 g/mol. The highest BCUT2D eigenvalue weighted by Gasteiger charge is 2.29. The smallest absolute Gasteiger partial charge is 0.258 e. The number of ether oxygens (including phenoxy) is 1. The molecule has 1 N–H and O–H groups in total. The van der Waals surface area contributed by atoms with Crippen LogP contribution in [0.25, 0.3) is 0 Å². The Bertz CT molecular complexity index is 997. The van der Waals surface area contributed by atoms with Crippen LogP contribution in [0.3, 0.4) is 0 Å². The van der Waals surface area contributed by atoms with Gasteiger partial charge in [-0.25, -0.2) is 4.39 Å². The molecule has 2 aromatic carbocycles. The van der Waals surface area contributed by atoms with E-state index < -0.39 is 6.10 Å². The molecule has 0 aromatic heterocycles. The molecule has 178 valence electrons. The third-order valence-electron chi connectivity index (χ3n) is 6.70. The first-order valence-electron chi connectivity index (χ1n) is 11.8. The second kappa shape index (κ2) is 10.1. The van der Waals surface area contributed by atoms with Crippen molar-refractivity contribution in [2.75, 3.05) is 50.1 Å². The van der Waals surface area contributed by atoms with Crippen molar-refractivity contribution in [2.24, 2.45) is 0 Å². The Morgan fingerprint density at radius 1 is 1.21 bits per heavy atom. The second-order valence-corrected chi connectivity index (χ2v) is 9.27. The number of carbonyl (C=O) groups is 1. The molecule has 1 saturated heterocycles. The number of halogens is 1. The Balaban J connectivity index is 1.45. The van der Waals surface area contributed by atoms with Crippen LogP contribution in [0.1, 0.15) is 42.1 Å². The summed E-state index contributed by atoms with van der Waals surface area (Å²) >= 11 is 0. The number of rotatable bonds is 8. The molecule has 1 fully saturated rings. The summed E-state index contributed by atoms with van der Waals surface area (Å²) in [6.45, 7) is 4.38. The maximum Gasteiger partial charge on any atom is 0.258 e. The summed E-state index contributed by atoms with van der Waals surface area (Å²) in [6, 6.07) is 10.9. The monoisotopic (exact) mass is 455 g/mol. The van der Waals surface area contributed by atoms with Gasteiger partial charge in [0.25, 0.3) is 5.91 Å². The topological polar surface area (TPSA) is 56.3 Å². The molecule has 4 rings (SSSR count). The van der Waals surface area contributed by atoms with Crippen molar-refractivity contribution in [3.05, 3.63) is 53.3 Å². The van der Waals surface area contributed by atoms with E-state index in [4.69, 9.17) is 4.74 Å². The molecular formula is C26H34FN3O3. The Morgan fingerprint density at radius 3 is 2.73 bits per heavy atom. The van der Waals surface area contributed by atoms with E-state index in [1.807, 2.05) is 19.1 Å². The quantitative estimate of drug-likeness (QED) is 0.658. The standard InChI is InChI=1S/C26H34FN3O3/c1-4-5-21(31)17-33-22-7-8-23-18(14-22)10-13-30(26(23)32)19-6-9-25(24(27)15-19)29-12-11-20(16-29)28(2)3/h6-9,14-15,20-21,31H,4-5,10-13,16-17H2,1-3H3/t20-,21?/m1/s1. The van der Waals surface area contributed by atoms with Crippen LogP contribution in [0.15, 0.2) is 36.4 Å². The van der Waals surface area contributed by atoms with Crippen LogP contribution >= 0.6 is 0 Å². The normalized spacial score (nSPS) is 19.2. The summed E-state index contributed by atoms with van der Waals surface area (Å²) < 4.78 is 20.7. The lowest BCUT2D eigenvalue weighted by Gasteiger charge is -2.30. The van der Waals surface area contributed by atoms with Crippen molar-refractivity contribution in [1.82, 2.24) is 4.90 Å². The Morgan fingerprint density at radius 2 is 2.03 bits per heavy atom. The number of likely N-dealkylation sites (N-methyl/N-ethyl adjacent to an activating group) is 1. The van der Waals surface area contributed by atoms with Crippen LogP contribution in [0.2, 0.25) is 0 Å². The third kappa shape index (κ3) is 5.14. The molecule has 7 heteroatoms. The maximum atomic E-state index is 15.0. The van der Waals surface area contributed by atoms with Crippen molar-refractivity contribution >= 4 is 17.3 Å². The number of carbonyl (C=O) groups excluding carboxylic acids is 1. The van der Waals surface area contributed by atoms with Crippen LogP contribution in [0.5, 0.6) is 5.75 Å². The van der Waals surface area contributed by atoms with Crippen molar-refractivity contribution in [3.8, 4) is 5.75 Å². The van der Waals surface area contributed by atoms with E-state index in [0.29, 0.717) is 48.1 Å². The Hall–Kier alpha value is -2.64. The molecule has 2 aliphatic rings. The van der Waals surface area contributed by atoms with Crippen molar-refractivity contribution in [1.29, 1.82) is 0 Å². The number of fused-ring (bicyclic) bond motifs is 1. The number of aliphatic hydroxyl groups excluding tert-OH is 1. The van der Waals surface area contributed by atoms with Crippen LogP contribution in [0.4, 0.5) is 15.8 Å². The lowest BCUT2D eigenvalue weighted by atomic mass is 9.98. The van der Waals surface area contributed by atoms with Gasteiger partial charge in [0.15, 0.2) is 0 Å². The summed E-state index contributed by atoms with van der Waals surface area (Å²) in [7, 11) is 4.11.